The molecule has 0 bridgehead atoms. The summed E-state index contributed by atoms with van der Waals surface area (Å²) in [7, 11) is 0. The fraction of sp³-hybridized carbons (Fsp3) is 0.929. The molecule has 0 aromatic carbocycles. The Labute approximate surface area is 112 Å². The Bertz CT molecular complexity index is 238. The first-order valence-corrected chi connectivity index (χ1v) is 7.12. The highest BCUT2D eigenvalue weighted by Crippen LogP contribution is 2.10. The van der Waals surface area contributed by atoms with Gasteiger partial charge in [0.25, 0.3) is 0 Å². The molecule has 0 saturated heterocycles. The van der Waals surface area contributed by atoms with E-state index in [9.17, 15) is 9.90 Å². The second-order valence-electron chi connectivity index (χ2n) is 5.37. The summed E-state index contributed by atoms with van der Waals surface area (Å²) >= 11 is 0. The Morgan fingerprint density at radius 3 is 2.28 bits per heavy atom. The third kappa shape index (κ3) is 6.97. The molecule has 0 aromatic heterocycles. The summed E-state index contributed by atoms with van der Waals surface area (Å²) in [4.78, 5) is 11.9. The molecular formula is C14H30N2O2. The quantitative estimate of drug-likeness (QED) is 0.591. The minimum absolute atomic E-state index is 0.0102. The van der Waals surface area contributed by atoms with Crippen molar-refractivity contribution in [2.45, 2.75) is 78.0 Å². The van der Waals surface area contributed by atoms with Crippen LogP contribution in [0.2, 0.25) is 0 Å². The monoisotopic (exact) mass is 258 g/mol. The lowest BCUT2D eigenvalue weighted by Crippen LogP contribution is -2.50. The van der Waals surface area contributed by atoms with Crippen molar-refractivity contribution in [3.05, 3.63) is 0 Å². The molecule has 0 aromatic rings. The molecule has 0 aliphatic rings. The maximum absolute atomic E-state index is 11.9. The number of hydrogen-bond donors (Lipinski definition) is 3. The van der Waals surface area contributed by atoms with Crippen LogP contribution >= 0.6 is 0 Å². The Hall–Kier alpha value is -0.610. The summed E-state index contributed by atoms with van der Waals surface area (Å²) in [6.07, 6.45) is 3.56. The summed E-state index contributed by atoms with van der Waals surface area (Å²) in [5.41, 5.74) is -0.738. The van der Waals surface area contributed by atoms with Gasteiger partial charge in [0.1, 0.15) is 0 Å². The largest absolute Gasteiger partial charge is 0.389 e. The summed E-state index contributed by atoms with van der Waals surface area (Å²) in [5.74, 6) is 0.0102. The standard InChI is InChI=1S/C14H30N2O2/c1-6-9-14(5,18)10-15-11(4)13(17)16-12(7-2)8-3/h11-12,15,18H,6-10H2,1-5H3,(H,16,17). The van der Waals surface area contributed by atoms with E-state index < -0.39 is 5.60 Å². The Kier molecular flexibility index (Phi) is 8.20. The van der Waals surface area contributed by atoms with E-state index in [4.69, 9.17) is 0 Å². The van der Waals surface area contributed by atoms with Crippen LogP contribution in [0.25, 0.3) is 0 Å². The van der Waals surface area contributed by atoms with Crippen molar-refractivity contribution in [2.24, 2.45) is 0 Å². The van der Waals surface area contributed by atoms with Crippen molar-refractivity contribution in [2.75, 3.05) is 6.54 Å². The predicted molar refractivity (Wildman–Crippen MR) is 75.5 cm³/mol. The fourth-order valence-corrected chi connectivity index (χ4v) is 1.91. The van der Waals surface area contributed by atoms with Crippen molar-refractivity contribution < 1.29 is 9.90 Å². The number of hydrogen-bond acceptors (Lipinski definition) is 3. The first-order chi connectivity index (χ1) is 8.36. The predicted octanol–water partition coefficient (Wildman–Crippen LogP) is 1.82. The molecule has 4 nitrogen and oxygen atoms in total. The molecule has 18 heavy (non-hydrogen) atoms. The lowest BCUT2D eigenvalue weighted by Gasteiger charge is -2.26. The van der Waals surface area contributed by atoms with E-state index in [-0.39, 0.29) is 18.0 Å². The van der Waals surface area contributed by atoms with Crippen LogP contribution in [0.1, 0.15) is 60.3 Å². The van der Waals surface area contributed by atoms with Crippen LogP contribution in [-0.2, 0) is 4.79 Å². The molecule has 0 fully saturated rings. The molecule has 2 atom stereocenters. The zero-order chi connectivity index (χ0) is 14.2. The van der Waals surface area contributed by atoms with Gasteiger partial charge in [-0.25, -0.2) is 0 Å². The number of nitrogens with one attached hydrogen (secondary N) is 2. The van der Waals surface area contributed by atoms with Gasteiger partial charge in [-0.1, -0.05) is 27.2 Å². The highest BCUT2D eigenvalue weighted by atomic mass is 16.3. The number of aliphatic hydroxyl groups is 1. The van der Waals surface area contributed by atoms with E-state index >= 15 is 0 Å². The van der Waals surface area contributed by atoms with E-state index in [0.717, 1.165) is 25.7 Å². The van der Waals surface area contributed by atoms with Crippen LogP contribution in [0.15, 0.2) is 0 Å². The topological polar surface area (TPSA) is 61.4 Å². The molecule has 0 aliphatic carbocycles. The summed E-state index contributed by atoms with van der Waals surface area (Å²) in [5, 5.41) is 16.1. The fourth-order valence-electron chi connectivity index (χ4n) is 1.91. The van der Waals surface area contributed by atoms with Crippen molar-refractivity contribution in [1.82, 2.24) is 10.6 Å². The SMILES string of the molecule is CCCC(C)(O)CNC(C)C(=O)NC(CC)CC. The molecule has 0 rings (SSSR count). The summed E-state index contributed by atoms with van der Waals surface area (Å²) in [6.45, 7) is 10.3. The van der Waals surface area contributed by atoms with Crippen LogP contribution in [0, 0.1) is 0 Å². The molecule has 0 aliphatic heterocycles. The average molecular weight is 258 g/mol. The van der Waals surface area contributed by atoms with Crippen molar-refractivity contribution >= 4 is 5.91 Å². The van der Waals surface area contributed by atoms with E-state index in [2.05, 4.69) is 24.5 Å². The van der Waals surface area contributed by atoms with Gasteiger partial charge < -0.3 is 15.7 Å². The number of carbonyl (C=O) groups is 1. The molecule has 3 N–H and O–H groups in total. The van der Waals surface area contributed by atoms with Gasteiger partial charge in [-0.3, -0.25) is 4.79 Å². The highest BCUT2D eigenvalue weighted by molar-refractivity contribution is 5.81. The van der Waals surface area contributed by atoms with E-state index in [0.29, 0.717) is 6.54 Å². The summed E-state index contributed by atoms with van der Waals surface area (Å²) < 4.78 is 0. The Morgan fingerprint density at radius 2 is 1.83 bits per heavy atom. The van der Waals surface area contributed by atoms with Crippen LogP contribution in [0.3, 0.4) is 0 Å². The third-order valence-corrected chi connectivity index (χ3v) is 3.30. The number of rotatable bonds is 9. The minimum atomic E-state index is -0.738. The van der Waals surface area contributed by atoms with Gasteiger partial charge in [0.15, 0.2) is 0 Å². The molecule has 1 amide bonds. The molecule has 108 valence electrons. The maximum Gasteiger partial charge on any atom is 0.237 e. The van der Waals surface area contributed by atoms with E-state index in [1.165, 1.54) is 0 Å². The van der Waals surface area contributed by atoms with Crippen molar-refractivity contribution in [1.29, 1.82) is 0 Å². The number of carbonyl (C=O) groups excluding carboxylic acids is 1. The van der Waals surface area contributed by atoms with E-state index in [1.807, 2.05) is 13.8 Å². The van der Waals surface area contributed by atoms with Gasteiger partial charge in [0.2, 0.25) is 5.91 Å². The molecule has 2 unspecified atom stereocenters. The lowest BCUT2D eigenvalue weighted by molar-refractivity contribution is -0.123. The molecule has 0 saturated carbocycles. The number of amides is 1. The van der Waals surface area contributed by atoms with Gasteiger partial charge in [-0.05, 0) is 33.1 Å². The smallest absolute Gasteiger partial charge is 0.237 e. The first kappa shape index (κ1) is 17.4. The molecule has 0 spiro atoms. The molecular weight excluding hydrogens is 228 g/mol. The lowest BCUT2D eigenvalue weighted by atomic mass is 10.0. The van der Waals surface area contributed by atoms with Crippen LogP contribution in [0.4, 0.5) is 0 Å². The minimum Gasteiger partial charge on any atom is -0.389 e. The van der Waals surface area contributed by atoms with Crippen LogP contribution in [-0.4, -0.2) is 35.2 Å². The van der Waals surface area contributed by atoms with Gasteiger partial charge in [-0.15, -0.1) is 0 Å². The normalized spacial score (nSPS) is 16.4. The van der Waals surface area contributed by atoms with Crippen molar-refractivity contribution in [3.63, 3.8) is 0 Å². The molecule has 0 heterocycles. The zero-order valence-corrected chi connectivity index (χ0v) is 12.5. The van der Waals surface area contributed by atoms with E-state index in [1.54, 1.807) is 6.92 Å². The Balaban J connectivity index is 4.08. The second kappa shape index (κ2) is 8.48. The molecule has 0 radical (unpaired) electrons. The van der Waals surface area contributed by atoms with Gasteiger partial charge in [0, 0.05) is 12.6 Å². The van der Waals surface area contributed by atoms with Gasteiger partial charge in [0.05, 0.1) is 11.6 Å². The third-order valence-electron chi connectivity index (χ3n) is 3.30. The van der Waals surface area contributed by atoms with Crippen molar-refractivity contribution in [3.8, 4) is 0 Å². The van der Waals surface area contributed by atoms with Gasteiger partial charge in [-0.2, -0.15) is 0 Å². The summed E-state index contributed by atoms with van der Waals surface area (Å²) in [6, 6.07) is -0.0215. The highest BCUT2D eigenvalue weighted by Gasteiger charge is 2.22. The van der Waals surface area contributed by atoms with Gasteiger partial charge >= 0.3 is 0 Å². The maximum atomic E-state index is 11.9. The molecule has 4 heteroatoms. The first-order valence-electron chi connectivity index (χ1n) is 7.12. The average Bonchev–Trinajstić information content (AvgIpc) is 2.32. The Morgan fingerprint density at radius 1 is 1.28 bits per heavy atom. The van der Waals surface area contributed by atoms with Crippen LogP contribution in [0.5, 0.6) is 0 Å². The van der Waals surface area contributed by atoms with Crippen LogP contribution < -0.4 is 10.6 Å². The second-order valence-corrected chi connectivity index (χ2v) is 5.37. The zero-order valence-electron chi connectivity index (χ0n) is 12.5.